The zero-order chi connectivity index (χ0) is 23.9. The molecule has 180 valence electrons. The van der Waals surface area contributed by atoms with Gasteiger partial charge >= 0.3 is 6.18 Å². The highest BCUT2D eigenvalue weighted by Crippen LogP contribution is 2.41. The minimum atomic E-state index is -4.49. The Kier molecular flexibility index (Phi) is 6.09. The van der Waals surface area contributed by atoms with Crippen molar-refractivity contribution in [2.24, 2.45) is 0 Å². The monoisotopic (exact) mass is 492 g/mol. The van der Waals surface area contributed by atoms with Crippen LogP contribution in [-0.4, -0.2) is 33.4 Å². The van der Waals surface area contributed by atoms with E-state index in [2.05, 4.69) is 25.7 Å². The van der Waals surface area contributed by atoms with Crippen molar-refractivity contribution in [1.29, 1.82) is 0 Å². The van der Waals surface area contributed by atoms with Gasteiger partial charge in [-0.25, -0.2) is 0 Å². The predicted octanol–water partition coefficient (Wildman–Crippen LogP) is 6.24. The highest BCUT2D eigenvalue weighted by atomic mass is 35.5. The molecule has 3 aromatic rings. The van der Waals surface area contributed by atoms with Gasteiger partial charge in [0.25, 0.3) is 0 Å². The summed E-state index contributed by atoms with van der Waals surface area (Å²) in [6.07, 6.45) is 1.05. The maximum atomic E-state index is 13.7. The van der Waals surface area contributed by atoms with Crippen LogP contribution in [0.5, 0.6) is 0 Å². The first-order chi connectivity index (χ1) is 16.3. The molecule has 1 aromatic carbocycles. The van der Waals surface area contributed by atoms with E-state index in [9.17, 15) is 13.2 Å². The Morgan fingerprint density at radius 1 is 1.15 bits per heavy atom. The molecule has 0 spiro atoms. The Morgan fingerprint density at radius 2 is 1.94 bits per heavy atom. The molecule has 0 saturated heterocycles. The van der Waals surface area contributed by atoms with E-state index in [-0.39, 0.29) is 16.5 Å². The van der Waals surface area contributed by atoms with Crippen molar-refractivity contribution < 1.29 is 17.7 Å². The molecule has 1 saturated carbocycles. The molecule has 1 atom stereocenters. The molecule has 0 radical (unpaired) electrons. The maximum Gasteiger partial charge on any atom is 0.416 e. The second-order valence-electron chi connectivity index (χ2n) is 8.78. The summed E-state index contributed by atoms with van der Waals surface area (Å²) in [4.78, 5) is 6.42. The number of halogens is 4. The van der Waals surface area contributed by atoms with Gasteiger partial charge < -0.3 is 14.7 Å². The van der Waals surface area contributed by atoms with Gasteiger partial charge in [-0.3, -0.25) is 0 Å². The lowest BCUT2D eigenvalue weighted by atomic mass is 9.89. The van der Waals surface area contributed by atoms with E-state index in [1.165, 1.54) is 18.6 Å². The number of hydrogen-bond acceptors (Lipinski definition) is 7. The van der Waals surface area contributed by atoms with E-state index in [0.717, 1.165) is 31.7 Å². The second kappa shape index (κ2) is 9.05. The summed E-state index contributed by atoms with van der Waals surface area (Å²) in [7, 11) is 0. The van der Waals surface area contributed by atoms with Crippen LogP contribution in [0.15, 0.2) is 28.8 Å². The molecule has 2 aliphatic rings. The van der Waals surface area contributed by atoms with E-state index >= 15 is 0 Å². The summed E-state index contributed by atoms with van der Waals surface area (Å²) >= 11 is 6.07. The predicted molar refractivity (Wildman–Crippen MR) is 122 cm³/mol. The molecule has 1 aliphatic carbocycles. The molecule has 3 heterocycles. The van der Waals surface area contributed by atoms with Gasteiger partial charge in [-0.2, -0.15) is 18.2 Å². The first-order valence-corrected chi connectivity index (χ1v) is 11.8. The molecular weight excluding hydrogens is 469 g/mol. The molecule has 11 heteroatoms. The highest BCUT2D eigenvalue weighted by Gasteiger charge is 2.36. The van der Waals surface area contributed by atoms with Crippen molar-refractivity contribution in [3.63, 3.8) is 0 Å². The Morgan fingerprint density at radius 3 is 2.71 bits per heavy atom. The third kappa shape index (κ3) is 4.43. The topological polar surface area (TPSA) is 80.0 Å². The summed E-state index contributed by atoms with van der Waals surface area (Å²) in [5, 5.41) is 16.0. The Labute approximate surface area is 199 Å². The molecule has 0 unspecified atom stereocenters. The van der Waals surface area contributed by atoms with Gasteiger partial charge in [0.05, 0.1) is 17.3 Å². The molecule has 7 nitrogen and oxygen atoms in total. The third-order valence-electron chi connectivity index (χ3n) is 6.59. The number of alkyl halides is 3. The fourth-order valence-electron chi connectivity index (χ4n) is 4.81. The largest absolute Gasteiger partial charge is 0.416 e. The van der Waals surface area contributed by atoms with E-state index in [0.29, 0.717) is 42.0 Å². The second-order valence-corrected chi connectivity index (χ2v) is 9.22. The lowest BCUT2D eigenvalue weighted by Gasteiger charge is -2.37. The van der Waals surface area contributed by atoms with Gasteiger partial charge in [-0.1, -0.05) is 36.0 Å². The summed E-state index contributed by atoms with van der Waals surface area (Å²) in [6.45, 7) is 2.72. The van der Waals surface area contributed by atoms with Crippen LogP contribution >= 0.6 is 11.6 Å². The maximum absolute atomic E-state index is 13.7. The smallest absolute Gasteiger partial charge is 0.365 e. The van der Waals surface area contributed by atoms with Crippen LogP contribution in [0.3, 0.4) is 0 Å². The van der Waals surface area contributed by atoms with Gasteiger partial charge in [-0.05, 0) is 49.6 Å². The highest BCUT2D eigenvalue weighted by molar-refractivity contribution is 6.30. The molecule has 1 fully saturated rings. The number of nitrogens with zero attached hydrogens (tertiary/aromatic N) is 5. The van der Waals surface area contributed by atoms with Crippen molar-refractivity contribution >= 4 is 23.1 Å². The average Bonchev–Trinajstić information content (AvgIpc) is 3.33. The molecule has 1 N–H and O–H groups in total. The summed E-state index contributed by atoms with van der Waals surface area (Å²) < 4.78 is 46.7. The lowest BCUT2D eigenvalue weighted by molar-refractivity contribution is -0.138. The van der Waals surface area contributed by atoms with Gasteiger partial charge in [-0.15, -0.1) is 10.2 Å². The van der Waals surface area contributed by atoms with Gasteiger partial charge in [0.2, 0.25) is 11.7 Å². The van der Waals surface area contributed by atoms with Crippen molar-refractivity contribution in [3.05, 3.63) is 46.3 Å². The van der Waals surface area contributed by atoms with Crippen molar-refractivity contribution in [1.82, 2.24) is 20.3 Å². The zero-order valence-corrected chi connectivity index (χ0v) is 19.3. The SMILES string of the molecule is C[C@H](c1cc(Cl)ccc1C(F)(F)F)N1CCNc2nnc(-c3noc(C4CCCCC4)n3)cc21. The van der Waals surface area contributed by atoms with Crippen LogP contribution in [0, 0.1) is 0 Å². The van der Waals surface area contributed by atoms with E-state index in [1.807, 2.05) is 4.90 Å². The number of benzene rings is 1. The van der Waals surface area contributed by atoms with Crippen LogP contribution in [0.25, 0.3) is 11.5 Å². The fraction of sp³-hybridized carbons (Fsp3) is 0.478. The quantitative estimate of drug-likeness (QED) is 0.461. The van der Waals surface area contributed by atoms with E-state index < -0.39 is 17.8 Å². The van der Waals surface area contributed by atoms with Crippen LogP contribution < -0.4 is 10.2 Å². The number of aromatic nitrogens is 4. The first-order valence-electron chi connectivity index (χ1n) is 11.4. The molecule has 0 bridgehead atoms. The molecular formula is C23H24ClF3N6O. The molecule has 0 amide bonds. The van der Waals surface area contributed by atoms with Gasteiger partial charge in [0, 0.05) is 24.0 Å². The fourth-order valence-corrected chi connectivity index (χ4v) is 4.99. The molecule has 2 aromatic heterocycles. The minimum Gasteiger partial charge on any atom is -0.365 e. The Hall–Kier alpha value is -2.88. The summed E-state index contributed by atoms with van der Waals surface area (Å²) in [6, 6.07) is 4.80. The third-order valence-corrected chi connectivity index (χ3v) is 6.83. The van der Waals surface area contributed by atoms with Crippen LogP contribution in [0.1, 0.15) is 68.0 Å². The van der Waals surface area contributed by atoms with Crippen LogP contribution in [0.2, 0.25) is 5.02 Å². The number of nitrogens with one attached hydrogen (secondary N) is 1. The van der Waals surface area contributed by atoms with Crippen LogP contribution in [-0.2, 0) is 6.18 Å². The lowest BCUT2D eigenvalue weighted by Crippen LogP contribution is -2.37. The number of hydrogen-bond donors (Lipinski definition) is 1. The molecule has 34 heavy (non-hydrogen) atoms. The molecule has 1 aliphatic heterocycles. The van der Waals surface area contributed by atoms with E-state index in [1.54, 1.807) is 13.0 Å². The van der Waals surface area contributed by atoms with Crippen molar-refractivity contribution in [2.45, 2.75) is 57.2 Å². The van der Waals surface area contributed by atoms with Crippen molar-refractivity contribution in [3.8, 4) is 11.5 Å². The van der Waals surface area contributed by atoms with Crippen molar-refractivity contribution in [2.75, 3.05) is 23.3 Å². The van der Waals surface area contributed by atoms with Gasteiger partial charge in [0.1, 0.15) is 5.69 Å². The van der Waals surface area contributed by atoms with E-state index in [4.69, 9.17) is 16.1 Å². The molecule has 5 rings (SSSR count). The Bertz CT molecular complexity index is 1180. The standard InChI is InChI=1S/C23H24ClF3N6O/c1-13(16-11-15(24)7-8-17(16)23(25,26)27)33-10-9-28-21-19(33)12-18(30-31-21)20-29-22(34-32-20)14-5-3-2-4-6-14/h7-8,11-14H,2-6,9-10H2,1H3,(H,28,31)/t13-/m1/s1. The number of fused-ring (bicyclic) bond motifs is 1. The average molecular weight is 493 g/mol. The summed E-state index contributed by atoms with van der Waals surface area (Å²) in [5.41, 5.74) is 0.431. The first kappa shape index (κ1) is 22.9. The number of rotatable bonds is 4. The number of anilines is 2. The Balaban J connectivity index is 1.48. The minimum absolute atomic E-state index is 0.102. The van der Waals surface area contributed by atoms with Crippen LogP contribution in [0.4, 0.5) is 24.7 Å². The van der Waals surface area contributed by atoms with Gasteiger partial charge in [0.15, 0.2) is 5.82 Å². The normalized spacial score (nSPS) is 17.9. The zero-order valence-electron chi connectivity index (χ0n) is 18.6. The summed E-state index contributed by atoms with van der Waals surface area (Å²) in [5.74, 6) is 1.68.